The molecule has 0 aromatic heterocycles. The van der Waals surface area contributed by atoms with Crippen LogP contribution in [0.3, 0.4) is 0 Å². The first-order chi connectivity index (χ1) is 9.31. The van der Waals surface area contributed by atoms with Crippen LogP contribution in [0.1, 0.15) is 13.8 Å². The Balaban J connectivity index is 2.28. The van der Waals surface area contributed by atoms with Gasteiger partial charge >= 0.3 is 5.97 Å². The van der Waals surface area contributed by atoms with E-state index in [1.807, 2.05) is 0 Å². The van der Waals surface area contributed by atoms with Gasteiger partial charge in [0, 0.05) is 6.07 Å². The Morgan fingerprint density at radius 1 is 1.30 bits per heavy atom. The van der Waals surface area contributed by atoms with Crippen LogP contribution in [0.4, 0.5) is 0 Å². The van der Waals surface area contributed by atoms with Crippen LogP contribution in [-0.2, 0) is 14.8 Å². The van der Waals surface area contributed by atoms with Crippen LogP contribution in [0.5, 0.6) is 11.5 Å². The predicted octanol–water partition coefficient (Wildman–Crippen LogP) is 0.803. The summed E-state index contributed by atoms with van der Waals surface area (Å²) in [5, 5.41) is 9.04. The number of sulfonamides is 1. The molecule has 0 spiro atoms. The molecule has 1 aromatic rings. The molecule has 2 rings (SSSR count). The van der Waals surface area contributed by atoms with Gasteiger partial charge in [0.15, 0.2) is 11.5 Å². The lowest BCUT2D eigenvalue weighted by Crippen LogP contribution is -2.44. The number of nitrogens with one attached hydrogen (secondary N) is 1. The minimum atomic E-state index is -3.94. The van der Waals surface area contributed by atoms with E-state index in [1.165, 1.54) is 18.2 Å². The molecule has 2 N–H and O–H groups in total. The molecule has 0 amide bonds. The van der Waals surface area contributed by atoms with Crippen molar-refractivity contribution >= 4 is 16.0 Å². The van der Waals surface area contributed by atoms with Gasteiger partial charge in [0.25, 0.3) is 0 Å². The number of ether oxygens (including phenoxy) is 2. The second-order valence-corrected chi connectivity index (χ2v) is 6.41. The van der Waals surface area contributed by atoms with Crippen LogP contribution in [0.15, 0.2) is 23.1 Å². The van der Waals surface area contributed by atoms with E-state index in [0.717, 1.165) is 0 Å². The van der Waals surface area contributed by atoms with Crippen molar-refractivity contribution in [3.8, 4) is 11.5 Å². The van der Waals surface area contributed by atoms with E-state index in [9.17, 15) is 13.2 Å². The Morgan fingerprint density at radius 2 is 1.95 bits per heavy atom. The van der Waals surface area contributed by atoms with Crippen molar-refractivity contribution in [2.24, 2.45) is 5.92 Å². The summed E-state index contributed by atoms with van der Waals surface area (Å²) in [5.74, 6) is -0.813. The van der Waals surface area contributed by atoms with Gasteiger partial charge in [0.05, 0.1) is 4.90 Å². The molecule has 110 valence electrons. The smallest absolute Gasteiger partial charge is 0.322 e. The highest BCUT2D eigenvalue weighted by atomic mass is 32.2. The molecule has 0 fully saturated rings. The highest BCUT2D eigenvalue weighted by molar-refractivity contribution is 7.89. The number of rotatable bonds is 5. The van der Waals surface area contributed by atoms with E-state index in [4.69, 9.17) is 14.6 Å². The van der Waals surface area contributed by atoms with E-state index in [1.54, 1.807) is 13.8 Å². The molecule has 0 unspecified atom stereocenters. The summed E-state index contributed by atoms with van der Waals surface area (Å²) >= 11 is 0. The minimum absolute atomic E-state index is 0.0377. The van der Waals surface area contributed by atoms with E-state index in [2.05, 4.69) is 4.72 Å². The average Bonchev–Trinajstić information content (AvgIpc) is 2.82. The van der Waals surface area contributed by atoms with Crippen LogP contribution < -0.4 is 14.2 Å². The molecule has 8 heteroatoms. The largest absolute Gasteiger partial charge is 0.480 e. The van der Waals surface area contributed by atoms with Gasteiger partial charge in [-0.25, -0.2) is 8.42 Å². The van der Waals surface area contributed by atoms with Crippen molar-refractivity contribution in [3.05, 3.63) is 18.2 Å². The van der Waals surface area contributed by atoms with Gasteiger partial charge in [0.1, 0.15) is 6.04 Å². The maximum absolute atomic E-state index is 12.2. The molecule has 0 radical (unpaired) electrons. The van der Waals surface area contributed by atoms with Crippen molar-refractivity contribution in [3.63, 3.8) is 0 Å². The number of carboxylic acids is 1. The van der Waals surface area contributed by atoms with Gasteiger partial charge in [-0.05, 0) is 18.1 Å². The second-order valence-electron chi connectivity index (χ2n) is 4.70. The summed E-state index contributed by atoms with van der Waals surface area (Å²) in [4.78, 5) is 11.0. The van der Waals surface area contributed by atoms with Crippen molar-refractivity contribution in [2.75, 3.05) is 6.79 Å². The SMILES string of the molecule is CC(C)[C@H](NS(=O)(=O)c1ccc2c(c1)OCO2)C(=O)O. The van der Waals surface area contributed by atoms with Crippen LogP contribution in [0.25, 0.3) is 0 Å². The molecule has 20 heavy (non-hydrogen) atoms. The monoisotopic (exact) mass is 301 g/mol. The van der Waals surface area contributed by atoms with E-state index in [-0.39, 0.29) is 17.6 Å². The van der Waals surface area contributed by atoms with Crippen molar-refractivity contribution in [1.82, 2.24) is 4.72 Å². The molecule has 0 aliphatic carbocycles. The Hall–Kier alpha value is -1.80. The molecule has 1 aromatic carbocycles. The Morgan fingerprint density at radius 3 is 2.55 bits per heavy atom. The molecule has 1 heterocycles. The van der Waals surface area contributed by atoms with Crippen LogP contribution >= 0.6 is 0 Å². The quantitative estimate of drug-likeness (QED) is 0.834. The van der Waals surface area contributed by atoms with E-state index < -0.39 is 22.0 Å². The van der Waals surface area contributed by atoms with Crippen molar-refractivity contribution in [2.45, 2.75) is 24.8 Å². The zero-order valence-electron chi connectivity index (χ0n) is 11.0. The topological polar surface area (TPSA) is 102 Å². The Bertz CT molecular complexity index is 625. The third-order valence-corrected chi connectivity index (χ3v) is 4.31. The average molecular weight is 301 g/mol. The molecule has 0 saturated heterocycles. The number of fused-ring (bicyclic) bond motifs is 1. The standard InChI is InChI=1S/C12H15NO6S/c1-7(2)11(12(14)15)13-20(16,17)8-3-4-9-10(5-8)19-6-18-9/h3-5,7,11,13H,6H2,1-2H3,(H,14,15)/t11-/m0/s1. The number of carboxylic acid groups (broad SMARTS) is 1. The van der Waals surface area contributed by atoms with Gasteiger partial charge in [-0.2, -0.15) is 4.72 Å². The Kier molecular flexibility index (Phi) is 3.87. The van der Waals surface area contributed by atoms with Crippen molar-refractivity contribution < 1.29 is 27.8 Å². The number of benzene rings is 1. The normalized spacial score (nSPS) is 15.3. The fourth-order valence-corrected chi connectivity index (χ4v) is 3.10. The summed E-state index contributed by atoms with van der Waals surface area (Å²) in [5.41, 5.74) is 0. The maximum Gasteiger partial charge on any atom is 0.322 e. The molecular weight excluding hydrogens is 286 g/mol. The summed E-state index contributed by atoms with van der Waals surface area (Å²) < 4.78 is 36.7. The first-order valence-electron chi connectivity index (χ1n) is 5.96. The lowest BCUT2D eigenvalue weighted by atomic mass is 10.1. The molecule has 0 bridgehead atoms. The number of hydrogen-bond acceptors (Lipinski definition) is 5. The fourth-order valence-electron chi connectivity index (χ4n) is 1.75. The highest BCUT2D eigenvalue weighted by Gasteiger charge is 2.29. The summed E-state index contributed by atoms with van der Waals surface area (Å²) in [7, 11) is -3.94. The maximum atomic E-state index is 12.2. The summed E-state index contributed by atoms with van der Waals surface area (Å²) in [6.07, 6.45) is 0. The van der Waals surface area contributed by atoms with Crippen LogP contribution in [0.2, 0.25) is 0 Å². The highest BCUT2D eigenvalue weighted by Crippen LogP contribution is 2.33. The third-order valence-electron chi connectivity index (χ3n) is 2.87. The third kappa shape index (κ3) is 2.86. The number of hydrogen-bond donors (Lipinski definition) is 2. The van der Waals surface area contributed by atoms with Gasteiger partial charge in [-0.1, -0.05) is 13.8 Å². The van der Waals surface area contributed by atoms with Gasteiger partial charge in [0.2, 0.25) is 16.8 Å². The van der Waals surface area contributed by atoms with Gasteiger partial charge in [-0.15, -0.1) is 0 Å². The van der Waals surface area contributed by atoms with Gasteiger partial charge in [-0.3, -0.25) is 4.79 Å². The molecular formula is C12H15NO6S. The molecule has 0 saturated carbocycles. The predicted molar refractivity (Wildman–Crippen MR) is 69.1 cm³/mol. The summed E-state index contributed by atoms with van der Waals surface area (Å²) in [6.45, 7) is 3.29. The molecule has 1 aliphatic rings. The van der Waals surface area contributed by atoms with E-state index >= 15 is 0 Å². The van der Waals surface area contributed by atoms with Gasteiger partial charge < -0.3 is 14.6 Å². The summed E-state index contributed by atoms with van der Waals surface area (Å²) in [6, 6.07) is 2.94. The lowest BCUT2D eigenvalue weighted by molar-refractivity contribution is -0.140. The van der Waals surface area contributed by atoms with Crippen LogP contribution in [0, 0.1) is 5.92 Å². The first-order valence-corrected chi connectivity index (χ1v) is 7.44. The fraction of sp³-hybridized carbons (Fsp3) is 0.417. The zero-order valence-corrected chi connectivity index (χ0v) is 11.8. The number of aliphatic carboxylic acids is 1. The lowest BCUT2D eigenvalue weighted by Gasteiger charge is -2.18. The minimum Gasteiger partial charge on any atom is -0.480 e. The first kappa shape index (κ1) is 14.6. The molecule has 7 nitrogen and oxygen atoms in total. The number of carbonyl (C=O) groups is 1. The van der Waals surface area contributed by atoms with Crippen molar-refractivity contribution in [1.29, 1.82) is 0 Å². The molecule has 1 aliphatic heterocycles. The van der Waals surface area contributed by atoms with Crippen LogP contribution in [-0.4, -0.2) is 32.3 Å². The van der Waals surface area contributed by atoms with E-state index in [0.29, 0.717) is 11.5 Å². The Labute approximate surface area is 116 Å². The second kappa shape index (κ2) is 5.29. The molecule has 1 atom stereocenters. The zero-order chi connectivity index (χ0) is 14.9.